The van der Waals surface area contributed by atoms with Gasteiger partial charge in [-0.1, -0.05) is 13.0 Å². The maximum absolute atomic E-state index is 12.6. The summed E-state index contributed by atoms with van der Waals surface area (Å²) in [5.74, 6) is 1.74. The molecule has 1 aliphatic heterocycles. The van der Waals surface area contributed by atoms with E-state index >= 15 is 0 Å². The predicted octanol–water partition coefficient (Wildman–Crippen LogP) is 2.87. The lowest BCUT2D eigenvalue weighted by atomic mass is 9.96. The average Bonchev–Trinajstić information content (AvgIpc) is 3.09. The molecule has 0 bridgehead atoms. The number of aromatic nitrogens is 2. The Labute approximate surface area is 142 Å². The molecule has 1 amide bonds. The number of carbonyl (C=O) groups is 1. The minimum absolute atomic E-state index is 0.0300. The van der Waals surface area contributed by atoms with Crippen LogP contribution in [0.25, 0.3) is 0 Å². The van der Waals surface area contributed by atoms with Crippen molar-refractivity contribution in [3.63, 3.8) is 0 Å². The number of imidazole rings is 1. The number of carbonyl (C=O) groups excluding carboxylic acids is 1. The van der Waals surface area contributed by atoms with Crippen molar-refractivity contribution in [2.75, 3.05) is 13.1 Å². The number of amides is 1. The second-order valence-electron chi connectivity index (χ2n) is 6.28. The van der Waals surface area contributed by atoms with E-state index in [1.54, 1.807) is 24.3 Å². The van der Waals surface area contributed by atoms with Crippen LogP contribution in [0.3, 0.4) is 0 Å². The van der Waals surface area contributed by atoms with Gasteiger partial charge in [-0.25, -0.2) is 4.98 Å². The van der Waals surface area contributed by atoms with Crippen molar-refractivity contribution in [1.29, 1.82) is 5.26 Å². The Morgan fingerprint density at radius 2 is 2.17 bits per heavy atom. The summed E-state index contributed by atoms with van der Waals surface area (Å²) >= 11 is 0. The SMILES string of the molecule is CCc1nccn1CC1CCN(C(=O)c2cccc(C#N)c2)CC1. The summed E-state index contributed by atoms with van der Waals surface area (Å²) < 4.78 is 2.23. The Morgan fingerprint density at radius 3 is 2.88 bits per heavy atom. The normalized spacial score (nSPS) is 15.2. The zero-order valence-electron chi connectivity index (χ0n) is 14.0. The molecule has 1 aromatic carbocycles. The van der Waals surface area contributed by atoms with Gasteiger partial charge in [0, 0.05) is 44.0 Å². The van der Waals surface area contributed by atoms with E-state index in [2.05, 4.69) is 22.5 Å². The van der Waals surface area contributed by atoms with Crippen LogP contribution in [0.1, 0.15) is 41.5 Å². The summed E-state index contributed by atoms with van der Waals surface area (Å²) in [5.41, 5.74) is 1.14. The van der Waals surface area contributed by atoms with Crippen molar-refractivity contribution in [2.24, 2.45) is 5.92 Å². The molecular weight excluding hydrogens is 300 g/mol. The van der Waals surface area contributed by atoms with Crippen LogP contribution in [0.5, 0.6) is 0 Å². The first-order valence-electron chi connectivity index (χ1n) is 8.50. The average molecular weight is 322 g/mol. The second kappa shape index (κ2) is 7.31. The van der Waals surface area contributed by atoms with Gasteiger partial charge in [0.25, 0.3) is 5.91 Å². The number of hydrogen-bond donors (Lipinski definition) is 0. The highest BCUT2D eigenvalue weighted by Gasteiger charge is 2.24. The van der Waals surface area contributed by atoms with Gasteiger partial charge in [-0.05, 0) is 37.0 Å². The van der Waals surface area contributed by atoms with Crippen LogP contribution in [-0.4, -0.2) is 33.4 Å². The summed E-state index contributed by atoms with van der Waals surface area (Å²) in [6.07, 6.45) is 6.86. The zero-order chi connectivity index (χ0) is 16.9. The van der Waals surface area contributed by atoms with Crippen LogP contribution >= 0.6 is 0 Å². The Hall–Kier alpha value is -2.61. The van der Waals surface area contributed by atoms with E-state index in [0.29, 0.717) is 17.0 Å². The van der Waals surface area contributed by atoms with Crippen LogP contribution in [0, 0.1) is 17.2 Å². The van der Waals surface area contributed by atoms with Crippen molar-refractivity contribution in [3.05, 3.63) is 53.6 Å². The molecule has 1 aliphatic rings. The number of benzene rings is 1. The van der Waals surface area contributed by atoms with Crippen LogP contribution < -0.4 is 0 Å². The number of hydrogen-bond acceptors (Lipinski definition) is 3. The quantitative estimate of drug-likeness (QED) is 0.869. The summed E-state index contributed by atoms with van der Waals surface area (Å²) in [6.45, 7) is 4.65. The van der Waals surface area contributed by atoms with Crippen molar-refractivity contribution < 1.29 is 4.79 Å². The summed E-state index contributed by atoms with van der Waals surface area (Å²) in [6, 6.07) is 9.04. The molecule has 0 unspecified atom stereocenters. The largest absolute Gasteiger partial charge is 0.339 e. The highest BCUT2D eigenvalue weighted by molar-refractivity contribution is 5.94. The lowest BCUT2D eigenvalue weighted by Gasteiger charge is -2.32. The van der Waals surface area contributed by atoms with E-state index in [1.807, 2.05) is 17.3 Å². The van der Waals surface area contributed by atoms with Crippen LogP contribution in [0.2, 0.25) is 0 Å². The molecule has 0 radical (unpaired) electrons. The number of aryl methyl sites for hydroxylation is 1. The molecule has 0 N–H and O–H groups in total. The maximum Gasteiger partial charge on any atom is 0.253 e. The molecule has 1 saturated heterocycles. The van der Waals surface area contributed by atoms with Crippen LogP contribution in [0.15, 0.2) is 36.7 Å². The monoisotopic (exact) mass is 322 g/mol. The third-order valence-corrected chi connectivity index (χ3v) is 4.71. The molecule has 2 heterocycles. The van der Waals surface area contributed by atoms with Gasteiger partial charge >= 0.3 is 0 Å². The van der Waals surface area contributed by atoms with E-state index in [-0.39, 0.29) is 5.91 Å². The zero-order valence-corrected chi connectivity index (χ0v) is 14.0. The molecular formula is C19H22N4O. The number of nitriles is 1. The maximum atomic E-state index is 12.6. The molecule has 1 aromatic heterocycles. The fourth-order valence-corrected chi connectivity index (χ4v) is 3.32. The lowest BCUT2D eigenvalue weighted by molar-refractivity contribution is 0.0682. The third-order valence-electron chi connectivity index (χ3n) is 4.71. The predicted molar refractivity (Wildman–Crippen MR) is 91.4 cm³/mol. The third kappa shape index (κ3) is 3.48. The van der Waals surface area contributed by atoms with E-state index in [9.17, 15) is 4.79 Å². The van der Waals surface area contributed by atoms with Crippen molar-refractivity contribution >= 4 is 5.91 Å². The standard InChI is InChI=1S/C19H22N4O/c1-2-18-21-8-11-23(18)14-15-6-9-22(10-7-15)19(24)17-5-3-4-16(12-17)13-20/h3-5,8,11-12,15H,2,6-7,9-10,14H2,1H3. The van der Waals surface area contributed by atoms with Gasteiger partial charge in [0.1, 0.15) is 5.82 Å². The molecule has 0 spiro atoms. The van der Waals surface area contributed by atoms with Crippen molar-refractivity contribution in [3.8, 4) is 6.07 Å². The van der Waals surface area contributed by atoms with E-state index in [1.165, 1.54) is 0 Å². The first kappa shape index (κ1) is 16.3. The molecule has 0 atom stereocenters. The number of rotatable bonds is 4. The van der Waals surface area contributed by atoms with Gasteiger partial charge in [-0.2, -0.15) is 5.26 Å². The first-order valence-corrected chi connectivity index (χ1v) is 8.50. The fraction of sp³-hybridized carbons (Fsp3) is 0.421. The highest BCUT2D eigenvalue weighted by Crippen LogP contribution is 2.21. The molecule has 0 aliphatic carbocycles. The van der Waals surface area contributed by atoms with Gasteiger partial charge in [0.2, 0.25) is 0 Å². The first-order chi connectivity index (χ1) is 11.7. The molecule has 5 heteroatoms. The Morgan fingerprint density at radius 1 is 1.38 bits per heavy atom. The van der Waals surface area contributed by atoms with E-state index in [0.717, 1.165) is 44.7 Å². The molecule has 1 fully saturated rings. The van der Waals surface area contributed by atoms with Gasteiger partial charge < -0.3 is 9.47 Å². The number of nitrogens with zero attached hydrogens (tertiary/aromatic N) is 4. The number of piperidine rings is 1. The smallest absolute Gasteiger partial charge is 0.253 e. The minimum atomic E-state index is 0.0300. The Balaban J connectivity index is 1.58. The Kier molecular flexibility index (Phi) is 4.95. The Bertz CT molecular complexity index is 751. The van der Waals surface area contributed by atoms with Gasteiger partial charge in [0.15, 0.2) is 0 Å². The highest BCUT2D eigenvalue weighted by atomic mass is 16.2. The van der Waals surface area contributed by atoms with Gasteiger partial charge in [0.05, 0.1) is 11.6 Å². The van der Waals surface area contributed by atoms with Gasteiger partial charge in [-0.15, -0.1) is 0 Å². The molecule has 124 valence electrons. The molecule has 5 nitrogen and oxygen atoms in total. The number of likely N-dealkylation sites (tertiary alicyclic amines) is 1. The summed E-state index contributed by atoms with van der Waals surface area (Å²) in [4.78, 5) is 18.9. The summed E-state index contributed by atoms with van der Waals surface area (Å²) in [7, 11) is 0. The lowest BCUT2D eigenvalue weighted by Crippen LogP contribution is -2.39. The van der Waals surface area contributed by atoms with Crippen molar-refractivity contribution in [2.45, 2.75) is 32.7 Å². The van der Waals surface area contributed by atoms with Crippen LogP contribution in [0.4, 0.5) is 0 Å². The summed E-state index contributed by atoms with van der Waals surface area (Å²) in [5, 5.41) is 8.97. The molecule has 24 heavy (non-hydrogen) atoms. The van der Waals surface area contributed by atoms with Gasteiger partial charge in [-0.3, -0.25) is 4.79 Å². The van der Waals surface area contributed by atoms with E-state index < -0.39 is 0 Å². The van der Waals surface area contributed by atoms with Crippen molar-refractivity contribution in [1.82, 2.24) is 14.5 Å². The second-order valence-corrected chi connectivity index (χ2v) is 6.28. The minimum Gasteiger partial charge on any atom is -0.339 e. The fourth-order valence-electron chi connectivity index (χ4n) is 3.32. The molecule has 3 rings (SSSR count). The van der Waals surface area contributed by atoms with Crippen LogP contribution in [-0.2, 0) is 13.0 Å². The topological polar surface area (TPSA) is 61.9 Å². The van der Waals surface area contributed by atoms with E-state index in [4.69, 9.17) is 5.26 Å². The molecule has 0 saturated carbocycles. The molecule has 2 aromatic rings.